The van der Waals surface area contributed by atoms with Gasteiger partial charge in [0, 0.05) is 19.1 Å². The Morgan fingerprint density at radius 1 is 1.38 bits per heavy atom. The normalized spacial score (nSPS) is 22.2. The number of sulfonamides is 1. The van der Waals surface area contributed by atoms with Gasteiger partial charge in [0.15, 0.2) is 0 Å². The van der Waals surface area contributed by atoms with Gasteiger partial charge in [0.25, 0.3) is 0 Å². The number of nitrogens with one attached hydrogen (secondary N) is 1. The standard InChI is InChI=1S/C11H24N2O2S/c1-4-10(2)12-9-11-5-7-13(8-6-11)16(3,14)15/h10-12H,4-9H2,1-3H3. The van der Waals surface area contributed by atoms with Gasteiger partial charge in [0.2, 0.25) is 10.0 Å². The van der Waals surface area contributed by atoms with E-state index in [9.17, 15) is 8.42 Å². The van der Waals surface area contributed by atoms with E-state index in [0.717, 1.165) is 25.8 Å². The van der Waals surface area contributed by atoms with Crippen molar-refractivity contribution in [1.29, 1.82) is 0 Å². The molecule has 96 valence electrons. The molecule has 0 saturated carbocycles. The van der Waals surface area contributed by atoms with E-state index in [4.69, 9.17) is 0 Å². The largest absolute Gasteiger partial charge is 0.314 e. The Bertz CT molecular complexity index is 295. The van der Waals surface area contributed by atoms with Crippen LogP contribution in [0.4, 0.5) is 0 Å². The fraction of sp³-hybridized carbons (Fsp3) is 1.00. The Balaban J connectivity index is 2.27. The van der Waals surface area contributed by atoms with Crippen LogP contribution in [0, 0.1) is 5.92 Å². The van der Waals surface area contributed by atoms with Crippen LogP contribution in [-0.2, 0) is 10.0 Å². The second-order valence-electron chi connectivity index (χ2n) is 4.82. The van der Waals surface area contributed by atoms with Crippen LogP contribution in [-0.4, -0.2) is 44.7 Å². The van der Waals surface area contributed by atoms with Crippen molar-refractivity contribution >= 4 is 10.0 Å². The molecule has 0 aromatic rings. The average molecular weight is 248 g/mol. The summed E-state index contributed by atoms with van der Waals surface area (Å²) in [4.78, 5) is 0. The summed E-state index contributed by atoms with van der Waals surface area (Å²) in [5.74, 6) is 0.631. The van der Waals surface area contributed by atoms with Gasteiger partial charge in [0.05, 0.1) is 6.26 Å². The molecule has 1 saturated heterocycles. The molecule has 1 aliphatic rings. The lowest BCUT2D eigenvalue weighted by Crippen LogP contribution is -2.41. The second-order valence-corrected chi connectivity index (χ2v) is 6.81. The van der Waals surface area contributed by atoms with Crippen molar-refractivity contribution in [2.45, 2.75) is 39.2 Å². The van der Waals surface area contributed by atoms with E-state index in [1.165, 1.54) is 6.26 Å². The van der Waals surface area contributed by atoms with Crippen LogP contribution in [0.15, 0.2) is 0 Å². The molecule has 0 amide bonds. The Kier molecular flexibility index (Phi) is 5.21. The molecule has 0 aliphatic carbocycles. The fourth-order valence-electron chi connectivity index (χ4n) is 1.96. The third kappa shape index (κ3) is 4.39. The lowest BCUT2D eigenvalue weighted by atomic mass is 9.98. The molecule has 1 atom stereocenters. The van der Waals surface area contributed by atoms with Crippen LogP contribution in [0.25, 0.3) is 0 Å². The summed E-state index contributed by atoms with van der Waals surface area (Å²) in [7, 11) is -2.97. The summed E-state index contributed by atoms with van der Waals surface area (Å²) in [6.45, 7) is 6.75. The molecule has 1 rings (SSSR count). The summed E-state index contributed by atoms with van der Waals surface area (Å²) in [6, 6.07) is 0.563. The number of piperidine rings is 1. The maximum absolute atomic E-state index is 11.3. The van der Waals surface area contributed by atoms with Crippen molar-refractivity contribution in [3.8, 4) is 0 Å². The summed E-state index contributed by atoms with van der Waals surface area (Å²) in [5.41, 5.74) is 0. The monoisotopic (exact) mass is 248 g/mol. The Morgan fingerprint density at radius 3 is 2.38 bits per heavy atom. The molecule has 16 heavy (non-hydrogen) atoms. The van der Waals surface area contributed by atoms with Gasteiger partial charge in [-0.2, -0.15) is 0 Å². The zero-order valence-electron chi connectivity index (χ0n) is 10.6. The Hall–Kier alpha value is -0.130. The summed E-state index contributed by atoms with van der Waals surface area (Å²) >= 11 is 0. The maximum atomic E-state index is 11.3. The first kappa shape index (κ1) is 13.9. The molecule has 1 heterocycles. The topological polar surface area (TPSA) is 49.4 Å². The molecule has 0 bridgehead atoms. The van der Waals surface area contributed by atoms with E-state index in [-0.39, 0.29) is 0 Å². The first-order chi connectivity index (χ1) is 7.43. The van der Waals surface area contributed by atoms with Crippen LogP contribution < -0.4 is 5.32 Å². The van der Waals surface area contributed by atoms with Crippen LogP contribution in [0.2, 0.25) is 0 Å². The zero-order valence-corrected chi connectivity index (χ0v) is 11.4. The molecule has 1 fully saturated rings. The predicted octanol–water partition coefficient (Wildman–Crippen LogP) is 1.05. The van der Waals surface area contributed by atoms with Crippen LogP contribution in [0.5, 0.6) is 0 Å². The summed E-state index contributed by atoms with van der Waals surface area (Å²) in [6.07, 6.45) is 4.40. The molecule has 0 aromatic carbocycles. The van der Waals surface area contributed by atoms with Crippen molar-refractivity contribution in [2.75, 3.05) is 25.9 Å². The van der Waals surface area contributed by atoms with E-state index >= 15 is 0 Å². The highest BCUT2D eigenvalue weighted by Crippen LogP contribution is 2.18. The summed E-state index contributed by atoms with van der Waals surface area (Å²) in [5, 5.41) is 3.49. The third-order valence-corrected chi connectivity index (χ3v) is 4.71. The van der Waals surface area contributed by atoms with Crippen LogP contribution in [0.1, 0.15) is 33.1 Å². The Morgan fingerprint density at radius 2 is 1.94 bits per heavy atom. The van der Waals surface area contributed by atoms with Crippen molar-refractivity contribution in [3.05, 3.63) is 0 Å². The zero-order chi connectivity index (χ0) is 12.2. The van der Waals surface area contributed by atoms with E-state index in [1.54, 1.807) is 4.31 Å². The van der Waals surface area contributed by atoms with E-state index in [0.29, 0.717) is 25.0 Å². The van der Waals surface area contributed by atoms with E-state index < -0.39 is 10.0 Å². The minimum atomic E-state index is -2.97. The molecular formula is C11H24N2O2S. The van der Waals surface area contributed by atoms with Crippen molar-refractivity contribution in [1.82, 2.24) is 9.62 Å². The van der Waals surface area contributed by atoms with Crippen molar-refractivity contribution in [3.63, 3.8) is 0 Å². The van der Waals surface area contributed by atoms with Gasteiger partial charge in [-0.25, -0.2) is 12.7 Å². The molecule has 0 spiro atoms. The minimum absolute atomic E-state index is 0.563. The van der Waals surface area contributed by atoms with Gasteiger partial charge < -0.3 is 5.32 Å². The SMILES string of the molecule is CCC(C)NCC1CCN(S(C)(=O)=O)CC1. The number of rotatable bonds is 5. The van der Waals surface area contributed by atoms with Crippen molar-refractivity contribution < 1.29 is 8.42 Å². The first-order valence-electron chi connectivity index (χ1n) is 6.12. The molecule has 1 aliphatic heterocycles. The fourth-order valence-corrected chi connectivity index (χ4v) is 2.83. The van der Waals surface area contributed by atoms with Gasteiger partial charge in [-0.05, 0) is 38.6 Å². The lowest BCUT2D eigenvalue weighted by molar-refractivity contribution is 0.263. The molecule has 1 unspecified atom stereocenters. The third-order valence-electron chi connectivity index (χ3n) is 3.41. The minimum Gasteiger partial charge on any atom is -0.314 e. The highest BCUT2D eigenvalue weighted by molar-refractivity contribution is 7.88. The molecule has 5 heteroatoms. The van der Waals surface area contributed by atoms with Crippen molar-refractivity contribution in [2.24, 2.45) is 5.92 Å². The molecular weight excluding hydrogens is 224 g/mol. The number of nitrogens with zero attached hydrogens (tertiary/aromatic N) is 1. The number of hydrogen-bond acceptors (Lipinski definition) is 3. The van der Waals surface area contributed by atoms with Gasteiger partial charge in [-0.3, -0.25) is 0 Å². The first-order valence-corrected chi connectivity index (χ1v) is 7.96. The lowest BCUT2D eigenvalue weighted by Gasteiger charge is -2.30. The molecule has 0 aromatic heterocycles. The van der Waals surface area contributed by atoms with Crippen LogP contribution >= 0.6 is 0 Å². The smallest absolute Gasteiger partial charge is 0.211 e. The molecule has 0 radical (unpaired) electrons. The van der Waals surface area contributed by atoms with E-state index in [1.807, 2.05) is 0 Å². The summed E-state index contributed by atoms with van der Waals surface area (Å²) < 4.78 is 24.2. The molecule has 4 nitrogen and oxygen atoms in total. The average Bonchev–Trinajstić information content (AvgIpc) is 2.25. The van der Waals surface area contributed by atoms with Gasteiger partial charge in [-0.1, -0.05) is 6.92 Å². The van der Waals surface area contributed by atoms with Crippen LogP contribution in [0.3, 0.4) is 0 Å². The van der Waals surface area contributed by atoms with Gasteiger partial charge in [-0.15, -0.1) is 0 Å². The quantitative estimate of drug-likeness (QED) is 0.791. The maximum Gasteiger partial charge on any atom is 0.211 e. The van der Waals surface area contributed by atoms with Gasteiger partial charge in [0.1, 0.15) is 0 Å². The Labute approximate surface area is 99.5 Å². The van der Waals surface area contributed by atoms with E-state index in [2.05, 4.69) is 19.2 Å². The molecule has 1 N–H and O–H groups in total. The second kappa shape index (κ2) is 5.98. The number of hydrogen-bond donors (Lipinski definition) is 1. The predicted molar refractivity (Wildman–Crippen MR) is 66.9 cm³/mol. The van der Waals surface area contributed by atoms with Gasteiger partial charge >= 0.3 is 0 Å². The highest BCUT2D eigenvalue weighted by Gasteiger charge is 2.24. The highest BCUT2D eigenvalue weighted by atomic mass is 32.2.